The molecule has 180 valence electrons. The molecule has 1 N–H and O–H groups in total. The zero-order valence-electron chi connectivity index (χ0n) is 19.3. The van der Waals surface area contributed by atoms with E-state index in [9.17, 15) is 13.2 Å². The van der Waals surface area contributed by atoms with Crippen LogP contribution in [-0.4, -0.2) is 34.1 Å². The van der Waals surface area contributed by atoms with E-state index in [1.807, 2.05) is 13.8 Å². The third kappa shape index (κ3) is 6.59. The molecule has 0 atom stereocenters. The number of nitrogens with zero attached hydrogens (tertiary/aromatic N) is 1. The second kappa shape index (κ2) is 12.0. The fourth-order valence-electron chi connectivity index (χ4n) is 3.39. The molecule has 0 aromatic heterocycles. The number of hydrogen-bond acceptors (Lipinski definition) is 4. The Morgan fingerprint density at radius 3 is 2.35 bits per heavy atom. The van der Waals surface area contributed by atoms with Crippen LogP contribution in [0.15, 0.2) is 77.7 Å². The number of rotatable bonds is 11. The van der Waals surface area contributed by atoms with E-state index in [1.54, 1.807) is 72.8 Å². The average molecular weight is 501 g/mol. The number of hydrogen-bond donors (Lipinski definition) is 1. The third-order valence-electron chi connectivity index (χ3n) is 5.22. The summed E-state index contributed by atoms with van der Waals surface area (Å²) in [6.07, 6.45) is 0.665. The van der Waals surface area contributed by atoms with Crippen molar-refractivity contribution in [1.82, 2.24) is 5.32 Å². The minimum absolute atomic E-state index is 0.0437. The summed E-state index contributed by atoms with van der Waals surface area (Å²) in [6, 6.07) is 20.4. The molecule has 3 aromatic rings. The number of para-hydroxylation sites is 1. The van der Waals surface area contributed by atoms with Crippen LogP contribution < -0.4 is 9.62 Å². The van der Waals surface area contributed by atoms with Crippen LogP contribution >= 0.6 is 11.6 Å². The zero-order valence-corrected chi connectivity index (χ0v) is 20.9. The van der Waals surface area contributed by atoms with Crippen molar-refractivity contribution in [3.8, 4) is 0 Å². The van der Waals surface area contributed by atoms with Gasteiger partial charge in [-0.1, -0.05) is 53.6 Å². The molecule has 0 bridgehead atoms. The van der Waals surface area contributed by atoms with Crippen molar-refractivity contribution in [3.63, 3.8) is 0 Å². The van der Waals surface area contributed by atoms with Crippen molar-refractivity contribution < 1.29 is 17.9 Å². The predicted molar refractivity (Wildman–Crippen MR) is 136 cm³/mol. The molecular formula is C26H29ClN2O4S. The first-order valence-corrected chi connectivity index (χ1v) is 12.9. The number of benzene rings is 3. The van der Waals surface area contributed by atoms with Crippen molar-refractivity contribution >= 4 is 33.2 Å². The number of ether oxygens (including phenoxy) is 1. The molecule has 0 fully saturated rings. The van der Waals surface area contributed by atoms with Gasteiger partial charge in [0, 0.05) is 24.8 Å². The molecule has 0 aliphatic carbocycles. The van der Waals surface area contributed by atoms with Crippen molar-refractivity contribution in [1.29, 1.82) is 0 Å². The normalized spacial score (nSPS) is 11.3. The number of amides is 1. The van der Waals surface area contributed by atoms with Gasteiger partial charge in [-0.25, -0.2) is 8.42 Å². The largest absolute Gasteiger partial charge is 0.382 e. The van der Waals surface area contributed by atoms with Gasteiger partial charge in [-0.3, -0.25) is 9.10 Å². The summed E-state index contributed by atoms with van der Waals surface area (Å²) in [7, 11) is -3.97. The Hall–Kier alpha value is -2.87. The number of carbonyl (C=O) groups is 1. The van der Waals surface area contributed by atoms with Crippen LogP contribution in [0.2, 0.25) is 5.02 Å². The lowest BCUT2D eigenvalue weighted by atomic mass is 10.1. The summed E-state index contributed by atoms with van der Waals surface area (Å²) >= 11 is 6.02. The van der Waals surface area contributed by atoms with Gasteiger partial charge in [0.1, 0.15) is 0 Å². The molecule has 0 aliphatic heterocycles. The molecule has 0 unspecified atom stereocenters. The van der Waals surface area contributed by atoms with Crippen LogP contribution in [0.3, 0.4) is 0 Å². The minimum Gasteiger partial charge on any atom is -0.382 e. The fourth-order valence-corrected chi connectivity index (χ4v) is 4.99. The van der Waals surface area contributed by atoms with E-state index in [4.69, 9.17) is 16.3 Å². The maximum Gasteiger partial charge on any atom is 0.264 e. The summed E-state index contributed by atoms with van der Waals surface area (Å²) in [6.45, 7) is 5.44. The fraction of sp³-hybridized carbons (Fsp3) is 0.269. The van der Waals surface area contributed by atoms with E-state index < -0.39 is 10.0 Å². The van der Waals surface area contributed by atoms with Gasteiger partial charge in [0.05, 0.1) is 22.7 Å². The molecule has 34 heavy (non-hydrogen) atoms. The van der Waals surface area contributed by atoms with E-state index in [2.05, 4.69) is 5.32 Å². The Labute approximate surface area is 206 Å². The second-order valence-electron chi connectivity index (χ2n) is 7.77. The molecule has 0 spiro atoms. The second-order valence-corrected chi connectivity index (χ2v) is 10.1. The van der Waals surface area contributed by atoms with Crippen LogP contribution in [-0.2, 0) is 21.3 Å². The van der Waals surface area contributed by atoms with Crippen LogP contribution in [0.5, 0.6) is 0 Å². The van der Waals surface area contributed by atoms with E-state index in [0.29, 0.717) is 36.9 Å². The lowest BCUT2D eigenvalue weighted by Gasteiger charge is -2.27. The van der Waals surface area contributed by atoms with Crippen molar-refractivity contribution in [3.05, 3.63) is 94.5 Å². The molecule has 8 heteroatoms. The van der Waals surface area contributed by atoms with Crippen molar-refractivity contribution in [2.24, 2.45) is 0 Å². The van der Waals surface area contributed by atoms with Crippen LogP contribution in [0.25, 0.3) is 0 Å². The number of aryl methyl sites for hydroxylation is 1. The SMILES string of the molecule is CCOCCCNC(=O)c1ccccc1N(Cc1ccc(Cl)cc1)S(=O)(=O)c1ccc(C)cc1. The van der Waals surface area contributed by atoms with Gasteiger partial charge in [0.25, 0.3) is 15.9 Å². The average Bonchev–Trinajstić information content (AvgIpc) is 2.83. The number of anilines is 1. The number of sulfonamides is 1. The molecule has 3 rings (SSSR count). The van der Waals surface area contributed by atoms with Gasteiger partial charge in [0.15, 0.2) is 0 Å². The quantitative estimate of drug-likeness (QED) is 0.367. The van der Waals surface area contributed by atoms with Gasteiger partial charge in [-0.2, -0.15) is 0 Å². The summed E-state index contributed by atoms with van der Waals surface area (Å²) in [5.74, 6) is -0.340. The molecule has 0 radical (unpaired) electrons. The van der Waals surface area contributed by atoms with Gasteiger partial charge in [-0.15, -0.1) is 0 Å². The molecule has 3 aromatic carbocycles. The topological polar surface area (TPSA) is 75.7 Å². The summed E-state index contributed by atoms with van der Waals surface area (Å²) in [5.41, 5.74) is 2.28. The molecule has 0 heterocycles. The molecule has 0 aliphatic rings. The van der Waals surface area contributed by atoms with Crippen molar-refractivity contribution in [2.45, 2.75) is 31.7 Å². The van der Waals surface area contributed by atoms with E-state index in [-0.39, 0.29) is 22.9 Å². The van der Waals surface area contributed by atoms with Crippen LogP contribution in [0, 0.1) is 6.92 Å². The molecule has 6 nitrogen and oxygen atoms in total. The van der Waals surface area contributed by atoms with Gasteiger partial charge in [0.2, 0.25) is 0 Å². The minimum atomic E-state index is -3.97. The Morgan fingerprint density at radius 2 is 1.68 bits per heavy atom. The smallest absolute Gasteiger partial charge is 0.264 e. The first kappa shape index (κ1) is 25.7. The maximum atomic E-state index is 13.8. The van der Waals surface area contributed by atoms with Gasteiger partial charge < -0.3 is 10.1 Å². The molecule has 0 saturated heterocycles. The van der Waals surface area contributed by atoms with E-state index >= 15 is 0 Å². The molecule has 1 amide bonds. The van der Waals surface area contributed by atoms with Gasteiger partial charge in [-0.05, 0) is 62.2 Å². The summed E-state index contributed by atoms with van der Waals surface area (Å²) < 4.78 is 34.1. The lowest BCUT2D eigenvalue weighted by molar-refractivity contribution is 0.0945. The Bertz CT molecular complexity index is 1200. The Kier molecular flexibility index (Phi) is 9.10. The maximum absolute atomic E-state index is 13.8. The highest BCUT2D eigenvalue weighted by Gasteiger charge is 2.28. The zero-order chi connectivity index (χ0) is 24.6. The van der Waals surface area contributed by atoms with E-state index in [0.717, 1.165) is 11.1 Å². The first-order chi connectivity index (χ1) is 16.3. The molecular weight excluding hydrogens is 472 g/mol. The highest BCUT2D eigenvalue weighted by molar-refractivity contribution is 7.92. The summed E-state index contributed by atoms with van der Waals surface area (Å²) in [4.78, 5) is 13.2. The first-order valence-electron chi connectivity index (χ1n) is 11.1. The Morgan fingerprint density at radius 1 is 1.00 bits per heavy atom. The standard InChI is InChI=1S/C26H29ClN2O4S/c1-3-33-18-6-17-28-26(30)24-7-4-5-8-25(24)29(19-21-11-13-22(27)14-12-21)34(31,32)23-15-9-20(2)10-16-23/h4-5,7-16H,3,6,17-19H2,1-2H3,(H,28,30). The van der Waals surface area contributed by atoms with Crippen molar-refractivity contribution in [2.75, 3.05) is 24.1 Å². The number of halogens is 1. The summed E-state index contributed by atoms with van der Waals surface area (Å²) in [5, 5.41) is 3.42. The highest BCUT2D eigenvalue weighted by Crippen LogP contribution is 2.29. The predicted octanol–water partition coefficient (Wildman–Crippen LogP) is 5.20. The monoisotopic (exact) mass is 500 g/mol. The highest BCUT2D eigenvalue weighted by atomic mass is 35.5. The third-order valence-corrected chi connectivity index (χ3v) is 7.25. The van der Waals surface area contributed by atoms with Crippen LogP contribution in [0.4, 0.5) is 5.69 Å². The Balaban J connectivity index is 1.99. The lowest BCUT2D eigenvalue weighted by Crippen LogP contribution is -2.34. The van der Waals surface area contributed by atoms with Crippen LogP contribution in [0.1, 0.15) is 34.8 Å². The number of nitrogens with one attached hydrogen (secondary N) is 1. The molecule has 0 saturated carbocycles. The van der Waals surface area contributed by atoms with Gasteiger partial charge >= 0.3 is 0 Å². The number of carbonyl (C=O) groups excluding carboxylic acids is 1. The van der Waals surface area contributed by atoms with E-state index in [1.165, 1.54) is 4.31 Å².